The Labute approximate surface area is 148 Å². The minimum atomic E-state index is -0.639. The highest BCUT2D eigenvalue weighted by Gasteiger charge is 2.15. The summed E-state index contributed by atoms with van der Waals surface area (Å²) in [6.45, 7) is 3.13. The van der Waals surface area contributed by atoms with Gasteiger partial charge in [0.2, 0.25) is 5.91 Å². The third-order valence-corrected chi connectivity index (χ3v) is 3.62. The van der Waals surface area contributed by atoms with E-state index in [2.05, 4.69) is 33.2 Å². The van der Waals surface area contributed by atoms with Gasteiger partial charge < -0.3 is 15.4 Å². The summed E-state index contributed by atoms with van der Waals surface area (Å²) in [5.41, 5.74) is 1.42. The molecule has 6 heteroatoms. The predicted molar refractivity (Wildman–Crippen MR) is 98.6 cm³/mol. The lowest BCUT2D eigenvalue weighted by Crippen LogP contribution is -2.30. The minimum Gasteiger partial charge on any atom is -0.481 e. The van der Waals surface area contributed by atoms with Crippen molar-refractivity contribution < 1.29 is 14.3 Å². The molecule has 2 aromatic carbocycles. The Morgan fingerprint density at radius 3 is 2.35 bits per heavy atom. The van der Waals surface area contributed by atoms with Gasteiger partial charge in [-0.1, -0.05) is 6.07 Å². The Morgan fingerprint density at radius 1 is 1.04 bits per heavy atom. The monoisotopic (exact) mass is 424 g/mol. The first-order valence-corrected chi connectivity index (χ1v) is 8.12. The summed E-state index contributed by atoms with van der Waals surface area (Å²) in [5.74, 6) is 0.200. The van der Waals surface area contributed by atoms with Crippen LogP contribution in [0, 0.1) is 3.57 Å². The lowest BCUT2D eigenvalue weighted by molar-refractivity contribution is -0.122. The SMILES string of the molecule is CC(=O)Nc1ccc(OC(C)C(=O)Nc2cccc(I)c2)cc1. The molecule has 2 aromatic rings. The molecular formula is C17H17IN2O3. The zero-order valence-corrected chi connectivity index (χ0v) is 15.0. The van der Waals surface area contributed by atoms with Crippen LogP contribution in [0.5, 0.6) is 5.75 Å². The zero-order valence-electron chi connectivity index (χ0n) is 12.8. The van der Waals surface area contributed by atoms with Gasteiger partial charge in [0, 0.05) is 21.9 Å². The summed E-state index contributed by atoms with van der Waals surface area (Å²) in [7, 11) is 0. The third-order valence-electron chi connectivity index (χ3n) is 2.95. The smallest absolute Gasteiger partial charge is 0.265 e. The van der Waals surface area contributed by atoms with Gasteiger partial charge in [-0.25, -0.2) is 0 Å². The fourth-order valence-electron chi connectivity index (χ4n) is 1.89. The van der Waals surface area contributed by atoms with Crippen molar-refractivity contribution >= 4 is 45.8 Å². The number of anilines is 2. The molecule has 23 heavy (non-hydrogen) atoms. The van der Waals surface area contributed by atoms with Crippen LogP contribution in [0.2, 0.25) is 0 Å². The molecule has 0 heterocycles. The summed E-state index contributed by atoms with van der Waals surface area (Å²) in [4.78, 5) is 23.1. The van der Waals surface area contributed by atoms with Crippen molar-refractivity contribution in [1.29, 1.82) is 0 Å². The number of nitrogens with one attached hydrogen (secondary N) is 2. The normalized spacial score (nSPS) is 11.4. The standard InChI is InChI=1S/C17H17IN2O3/c1-11(17(22)20-15-5-3-4-13(18)10-15)23-16-8-6-14(7-9-16)19-12(2)21/h3-11H,1-2H3,(H,19,21)(H,20,22). The van der Waals surface area contributed by atoms with Gasteiger partial charge in [0.05, 0.1) is 0 Å². The summed E-state index contributed by atoms with van der Waals surface area (Å²) in [6, 6.07) is 14.4. The summed E-state index contributed by atoms with van der Waals surface area (Å²) in [6.07, 6.45) is -0.639. The summed E-state index contributed by atoms with van der Waals surface area (Å²) >= 11 is 2.19. The van der Waals surface area contributed by atoms with Crippen LogP contribution in [0.1, 0.15) is 13.8 Å². The third kappa shape index (κ3) is 5.55. The Balaban J connectivity index is 1.94. The summed E-state index contributed by atoms with van der Waals surface area (Å²) < 4.78 is 6.66. The van der Waals surface area contributed by atoms with E-state index in [9.17, 15) is 9.59 Å². The molecule has 120 valence electrons. The first-order valence-electron chi connectivity index (χ1n) is 7.05. The van der Waals surface area contributed by atoms with E-state index in [1.807, 2.05) is 24.3 Å². The van der Waals surface area contributed by atoms with E-state index >= 15 is 0 Å². The number of hydrogen-bond donors (Lipinski definition) is 2. The highest BCUT2D eigenvalue weighted by atomic mass is 127. The Kier molecular flexibility index (Phi) is 5.97. The molecule has 2 amide bonds. The van der Waals surface area contributed by atoms with Gasteiger partial charge in [-0.3, -0.25) is 9.59 Å². The van der Waals surface area contributed by atoms with Crippen LogP contribution in [-0.2, 0) is 9.59 Å². The molecule has 0 aliphatic heterocycles. The van der Waals surface area contributed by atoms with E-state index in [1.165, 1.54) is 6.92 Å². The Bertz CT molecular complexity index is 701. The van der Waals surface area contributed by atoms with Crippen molar-refractivity contribution in [1.82, 2.24) is 0 Å². The van der Waals surface area contributed by atoms with Crippen LogP contribution in [0.3, 0.4) is 0 Å². The van der Waals surface area contributed by atoms with Crippen LogP contribution in [0.25, 0.3) is 0 Å². The van der Waals surface area contributed by atoms with Crippen LogP contribution in [0.4, 0.5) is 11.4 Å². The molecule has 0 saturated heterocycles. The van der Waals surface area contributed by atoms with Crippen molar-refractivity contribution in [2.24, 2.45) is 0 Å². The molecule has 2 rings (SSSR count). The number of amides is 2. The lowest BCUT2D eigenvalue weighted by atomic mass is 10.2. The van der Waals surface area contributed by atoms with Crippen LogP contribution < -0.4 is 15.4 Å². The first kappa shape index (κ1) is 17.3. The topological polar surface area (TPSA) is 67.4 Å². The highest BCUT2D eigenvalue weighted by molar-refractivity contribution is 14.1. The number of halogens is 1. The quantitative estimate of drug-likeness (QED) is 0.721. The first-order chi connectivity index (χ1) is 10.9. The molecule has 0 aliphatic rings. The highest BCUT2D eigenvalue weighted by Crippen LogP contribution is 2.18. The second kappa shape index (κ2) is 7.96. The molecule has 0 bridgehead atoms. The maximum absolute atomic E-state index is 12.1. The van der Waals surface area contributed by atoms with Gasteiger partial charge in [-0.05, 0) is 72.0 Å². The van der Waals surface area contributed by atoms with Gasteiger partial charge in [0.15, 0.2) is 6.10 Å². The van der Waals surface area contributed by atoms with E-state index < -0.39 is 6.10 Å². The van der Waals surface area contributed by atoms with E-state index in [4.69, 9.17) is 4.74 Å². The number of rotatable bonds is 5. The maximum atomic E-state index is 12.1. The molecule has 1 atom stereocenters. The number of ether oxygens (including phenoxy) is 1. The predicted octanol–water partition coefficient (Wildman–Crippen LogP) is 3.66. The molecule has 0 spiro atoms. The number of carbonyl (C=O) groups is 2. The maximum Gasteiger partial charge on any atom is 0.265 e. The van der Waals surface area contributed by atoms with Crippen molar-refractivity contribution in [3.8, 4) is 5.75 Å². The Hall–Kier alpha value is -2.09. The zero-order chi connectivity index (χ0) is 16.8. The number of benzene rings is 2. The van der Waals surface area contributed by atoms with E-state index in [0.717, 1.165) is 9.26 Å². The van der Waals surface area contributed by atoms with Crippen molar-refractivity contribution in [3.63, 3.8) is 0 Å². The molecule has 0 fully saturated rings. The fourth-order valence-corrected chi connectivity index (χ4v) is 2.43. The van der Waals surface area contributed by atoms with Gasteiger partial charge in [0.25, 0.3) is 5.91 Å². The van der Waals surface area contributed by atoms with Gasteiger partial charge >= 0.3 is 0 Å². The van der Waals surface area contributed by atoms with E-state index in [-0.39, 0.29) is 11.8 Å². The van der Waals surface area contributed by atoms with Crippen molar-refractivity contribution in [2.75, 3.05) is 10.6 Å². The van der Waals surface area contributed by atoms with Crippen LogP contribution >= 0.6 is 22.6 Å². The van der Waals surface area contributed by atoms with E-state index in [0.29, 0.717) is 11.4 Å². The minimum absolute atomic E-state index is 0.135. The lowest BCUT2D eigenvalue weighted by Gasteiger charge is -2.15. The molecule has 2 N–H and O–H groups in total. The number of hydrogen-bond acceptors (Lipinski definition) is 3. The van der Waals surface area contributed by atoms with Gasteiger partial charge in [-0.15, -0.1) is 0 Å². The molecule has 0 radical (unpaired) electrons. The largest absolute Gasteiger partial charge is 0.481 e. The number of carbonyl (C=O) groups excluding carboxylic acids is 2. The average molecular weight is 424 g/mol. The van der Waals surface area contributed by atoms with Gasteiger partial charge in [-0.2, -0.15) is 0 Å². The van der Waals surface area contributed by atoms with Crippen molar-refractivity contribution in [3.05, 3.63) is 52.1 Å². The van der Waals surface area contributed by atoms with Crippen LogP contribution in [0.15, 0.2) is 48.5 Å². The van der Waals surface area contributed by atoms with Crippen molar-refractivity contribution in [2.45, 2.75) is 20.0 Å². The average Bonchev–Trinajstić information content (AvgIpc) is 2.48. The van der Waals surface area contributed by atoms with Gasteiger partial charge in [0.1, 0.15) is 5.75 Å². The van der Waals surface area contributed by atoms with E-state index in [1.54, 1.807) is 31.2 Å². The molecule has 0 aliphatic carbocycles. The molecular weight excluding hydrogens is 407 g/mol. The molecule has 5 nitrogen and oxygen atoms in total. The second-order valence-electron chi connectivity index (χ2n) is 4.97. The molecule has 1 unspecified atom stereocenters. The van der Waals surface area contributed by atoms with Crippen LogP contribution in [-0.4, -0.2) is 17.9 Å². The molecule has 0 aromatic heterocycles. The second-order valence-corrected chi connectivity index (χ2v) is 6.21. The fraction of sp³-hybridized carbons (Fsp3) is 0.176. The summed E-state index contributed by atoms with van der Waals surface area (Å²) in [5, 5.41) is 5.49. The molecule has 0 saturated carbocycles. The Morgan fingerprint density at radius 2 is 1.74 bits per heavy atom.